The van der Waals surface area contributed by atoms with Crippen LogP contribution in [0.4, 0.5) is 0 Å². The number of rotatable bonds is 4. The van der Waals surface area contributed by atoms with Gasteiger partial charge in [0.2, 0.25) is 0 Å². The van der Waals surface area contributed by atoms with E-state index >= 15 is 0 Å². The molecule has 0 aliphatic carbocycles. The molecule has 1 amide bonds. The Kier molecular flexibility index (Phi) is 5.32. The van der Waals surface area contributed by atoms with Crippen LogP contribution in [0, 0.1) is 3.57 Å². The van der Waals surface area contributed by atoms with Gasteiger partial charge in [-0.15, -0.1) is 0 Å². The average Bonchev–Trinajstić information content (AvgIpc) is 2.25. The summed E-state index contributed by atoms with van der Waals surface area (Å²) < 4.78 is 0.934. The molecule has 0 heterocycles. The standard InChI is InChI=1S/C12H15IN2OS/c1-8(2)15(7-11(14)17)12(16)9-5-3-4-6-10(9)13/h3-6,8H,7H2,1-2H3,(H2,14,17). The van der Waals surface area contributed by atoms with E-state index in [0.717, 1.165) is 3.57 Å². The van der Waals surface area contributed by atoms with Crippen molar-refractivity contribution in [2.75, 3.05) is 6.54 Å². The van der Waals surface area contributed by atoms with Gasteiger partial charge in [0.05, 0.1) is 17.1 Å². The molecule has 0 unspecified atom stereocenters. The molecule has 0 aromatic heterocycles. The quantitative estimate of drug-likeness (QED) is 0.661. The highest BCUT2D eigenvalue weighted by Gasteiger charge is 2.20. The second-order valence-electron chi connectivity index (χ2n) is 3.97. The number of hydrogen-bond donors (Lipinski definition) is 1. The lowest BCUT2D eigenvalue weighted by atomic mass is 10.1. The summed E-state index contributed by atoms with van der Waals surface area (Å²) in [6.45, 7) is 4.22. The van der Waals surface area contributed by atoms with Crippen LogP contribution in [-0.2, 0) is 0 Å². The summed E-state index contributed by atoms with van der Waals surface area (Å²) in [6.07, 6.45) is 0. The van der Waals surface area contributed by atoms with Crippen molar-refractivity contribution in [2.45, 2.75) is 19.9 Å². The molecule has 1 rings (SSSR count). The lowest BCUT2D eigenvalue weighted by molar-refractivity contribution is 0.0735. The zero-order valence-electron chi connectivity index (χ0n) is 9.81. The molecule has 0 fully saturated rings. The van der Waals surface area contributed by atoms with Crippen LogP contribution in [0.25, 0.3) is 0 Å². The Morgan fingerprint density at radius 2 is 2.06 bits per heavy atom. The number of thiocarbonyl (C=S) groups is 1. The zero-order valence-corrected chi connectivity index (χ0v) is 12.8. The molecule has 0 saturated carbocycles. The van der Waals surface area contributed by atoms with Crippen molar-refractivity contribution in [1.29, 1.82) is 0 Å². The second-order valence-corrected chi connectivity index (χ2v) is 5.66. The van der Waals surface area contributed by atoms with Gasteiger partial charge in [0.1, 0.15) is 0 Å². The molecule has 1 aromatic rings. The van der Waals surface area contributed by atoms with Gasteiger partial charge in [-0.3, -0.25) is 4.79 Å². The van der Waals surface area contributed by atoms with Crippen LogP contribution >= 0.6 is 34.8 Å². The Morgan fingerprint density at radius 3 is 2.53 bits per heavy atom. The molecule has 0 spiro atoms. The minimum absolute atomic E-state index is 0.0298. The van der Waals surface area contributed by atoms with Crippen molar-refractivity contribution in [3.8, 4) is 0 Å². The number of carbonyl (C=O) groups excluding carboxylic acids is 1. The number of nitrogens with zero attached hydrogens (tertiary/aromatic N) is 1. The number of benzene rings is 1. The first kappa shape index (κ1) is 14.4. The minimum Gasteiger partial charge on any atom is -0.392 e. The van der Waals surface area contributed by atoms with Gasteiger partial charge >= 0.3 is 0 Å². The summed E-state index contributed by atoms with van der Waals surface area (Å²) in [7, 11) is 0. The first-order valence-electron chi connectivity index (χ1n) is 5.27. The van der Waals surface area contributed by atoms with Crippen molar-refractivity contribution < 1.29 is 4.79 Å². The van der Waals surface area contributed by atoms with E-state index in [1.165, 1.54) is 0 Å². The highest BCUT2D eigenvalue weighted by molar-refractivity contribution is 14.1. The van der Waals surface area contributed by atoms with Gasteiger partial charge in [0.15, 0.2) is 0 Å². The summed E-state index contributed by atoms with van der Waals surface area (Å²) >= 11 is 7.03. The lowest BCUT2D eigenvalue weighted by Crippen LogP contribution is -2.42. The van der Waals surface area contributed by atoms with Crippen molar-refractivity contribution in [3.63, 3.8) is 0 Å². The third kappa shape index (κ3) is 3.92. The van der Waals surface area contributed by atoms with Crippen LogP contribution in [0.2, 0.25) is 0 Å². The van der Waals surface area contributed by atoms with Gasteiger partial charge in [-0.2, -0.15) is 0 Å². The van der Waals surface area contributed by atoms with Crippen LogP contribution in [0.15, 0.2) is 24.3 Å². The van der Waals surface area contributed by atoms with Gasteiger partial charge in [-0.25, -0.2) is 0 Å². The van der Waals surface area contributed by atoms with Crippen LogP contribution in [-0.4, -0.2) is 28.4 Å². The van der Waals surface area contributed by atoms with Gasteiger partial charge in [0.25, 0.3) is 5.91 Å². The summed E-state index contributed by atoms with van der Waals surface area (Å²) in [5.41, 5.74) is 6.21. The largest absolute Gasteiger partial charge is 0.392 e. The maximum Gasteiger partial charge on any atom is 0.255 e. The molecule has 0 aliphatic heterocycles. The summed E-state index contributed by atoms with van der Waals surface area (Å²) in [5, 5.41) is 0. The Hall–Kier alpha value is -0.690. The Bertz CT molecular complexity index is 434. The predicted octanol–water partition coefficient (Wildman–Crippen LogP) is 2.43. The molecule has 0 atom stereocenters. The molecule has 3 nitrogen and oxygen atoms in total. The van der Waals surface area contributed by atoms with Crippen molar-refractivity contribution >= 4 is 45.7 Å². The van der Waals surface area contributed by atoms with Gasteiger partial charge in [0, 0.05) is 9.61 Å². The molecule has 1 aromatic carbocycles. The first-order valence-corrected chi connectivity index (χ1v) is 6.76. The monoisotopic (exact) mass is 362 g/mol. The number of halogens is 1. The SMILES string of the molecule is CC(C)N(CC(N)=S)C(=O)c1ccccc1I. The molecule has 0 bridgehead atoms. The van der Waals surface area contributed by atoms with Crippen molar-refractivity contribution in [2.24, 2.45) is 5.73 Å². The minimum atomic E-state index is -0.0298. The summed E-state index contributed by atoms with van der Waals surface area (Å²) in [4.78, 5) is 14.4. The molecule has 92 valence electrons. The number of nitrogens with two attached hydrogens (primary N) is 1. The van der Waals surface area contributed by atoms with Crippen LogP contribution in [0.5, 0.6) is 0 Å². The summed E-state index contributed by atoms with van der Waals surface area (Å²) in [6, 6.07) is 7.56. The van der Waals surface area contributed by atoms with Crippen molar-refractivity contribution in [3.05, 3.63) is 33.4 Å². The fourth-order valence-corrected chi connectivity index (χ4v) is 2.20. The molecular formula is C12H15IN2OS. The van der Waals surface area contributed by atoms with E-state index < -0.39 is 0 Å². The highest BCUT2D eigenvalue weighted by atomic mass is 127. The number of carbonyl (C=O) groups is 1. The van der Waals surface area contributed by atoms with Gasteiger partial charge in [-0.05, 0) is 48.6 Å². The molecular weight excluding hydrogens is 347 g/mol. The lowest BCUT2D eigenvalue weighted by Gasteiger charge is -2.26. The molecule has 5 heteroatoms. The van der Waals surface area contributed by atoms with E-state index in [4.69, 9.17) is 18.0 Å². The van der Waals surface area contributed by atoms with E-state index in [1.807, 2.05) is 38.1 Å². The van der Waals surface area contributed by atoms with Crippen molar-refractivity contribution in [1.82, 2.24) is 4.90 Å². The topological polar surface area (TPSA) is 46.3 Å². The zero-order chi connectivity index (χ0) is 13.0. The summed E-state index contributed by atoms with van der Waals surface area (Å²) in [5.74, 6) is -0.0298. The van der Waals surface area contributed by atoms with Gasteiger partial charge < -0.3 is 10.6 Å². The van der Waals surface area contributed by atoms with E-state index in [-0.39, 0.29) is 11.9 Å². The second kappa shape index (κ2) is 6.30. The van der Waals surface area contributed by atoms with E-state index in [1.54, 1.807) is 4.90 Å². The van der Waals surface area contributed by atoms with E-state index in [9.17, 15) is 4.79 Å². The maximum absolute atomic E-state index is 12.3. The smallest absolute Gasteiger partial charge is 0.255 e. The molecule has 0 aliphatic rings. The first-order chi connectivity index (χ1) is 7.93. The average molecular weight is 362 g/mol. The van der Waals surface area contributed by atoms with E-state index in [0.29, 0.717) is 17.1 Å². The normalized spacial score (nSPS) is 10.4. The third-order valence-corrected chi connectivity index (χ3v) is 3.38. The number of hydrogen-bond acceptors (Lipinski definition) is 2. The Labute approximate surface area is 121 Å². The molecule has 0 radical (unpaired) electrons. The third-order valence-electron chi connectivity index (χ3n) is 2.31. The fraction of sp³-hybridized carbons (Fsp3) is 0.333. The Balaban J connectivity index is 3.00. The van der Waals surface area contributed by atoms with Crippen LogP contribution < -0.4 is 5.73 Å². The van der Waals surface area contributed by atoms with Crippen LogP contribution in [0.3, 0.4) is 0 Å². The molecule has 2 N–H and O–H groups in total. The van der Waals surface area contributed by atoms with Gasteiger partial charge in [-0.1, -0.05) is 24.4 Å². The van der Waals surface area contributed by atoms with E-state index in [2.05, 4.69) is 22.6 Å². The maximum atomic E-state index is 12.3. The molecule has 17 heavy (non-hydrogen) atoms. The molecule has 0 saturated heterocycles. The fourth-order valence-electron chi connectivity index (χ4n) is 1.45. The van der Waals surface area contributed by atoms with Crippen LogP contribution in [0.1, 0.15) is 24.2 Å². The number of amides is 1. The Morgan fingerprint density at radius 1 is 1.47 bits per heavy atom. The highest BCUT2D eigenvalue weighted by Crippen LogP contribution is 2.15. The predicted molar refractivity (Wildman–Crippen MR) is 82.1 cm³/mol.